The Kier molecular flexibility index (Phi) is 4.90. The lowest BCUT2D eigenvalue weighted by atomic mass is 9.97. The van der Waals surface area contributed by atoms with Gasteiger partial charge in [0.05, 0.1) is 19.1 Å². The number of carbonyl (C=O) groups is 3. The van der Waals surface area contributed by atoms with Gasteiger partial charge < -0.3 is 9.47 Å². The summed E-state index contributed by atoms with van der Waals surface area (Å²) < 4.78 is 8.74. The molecule has 0 bridgehead atoms. The van der Waals surface area contributed by atoms with Crippen LogP contribution in [-0.2, 0) is 19.1 Å². The monoisotopic (exact) mass is 281 g/mol. The van der Waals surface area contributed by atoms with Crippen molar-refractivity contribution in [1.82, 2.24) is 0 Å². The molecule has 0 atom stereocenters. The molecule has 1 aromatic rings. The second kappa shape index (κ2) is 6.41. The molecule has 8 heteroatoms. The number of Topliss-reactive ketones (excluding diaryl/α,β-unsaturated/α-hetero) is 1. The van der Waals surface area contributed by atoms with Crippen LogP contribution in [0.25, 0.3) is 0 Å². The third-order valence-corrected chi connectivity index (χ3v) is 2.50. The zero-order chi connectivity index (χ0) is 15.3. The van der Waals surface area contributed by atoms with E-state index in [9.17, 15) is 24.5 Å². The highest BCUT2D eigenvalue weighted by atomic mass is 16.6. The average molecular weight is 281 g/mol. The van der Waals surface area contributed by atoms with Crippen molar-refractivity contribution in [2.24, 2.45) is 5.92 Å². The SMILES string of the molecule is COC(=O)C(C(=O)OC)C(=O)c1ccc([N+](=O)[O-])cc1. The molecular formula is C12H11NO7. The number of hydrogen-bond donors (Lipinski definition) is 0. The molecule has 8 nitrogen and oxygen atoms in total. The van der Waals surface area contributed by atoms with Crippen molar-refractivity contribution in [2.45, 2.75) is 0 Å². The van der Waals surface area contributed by atoms with Crippen LogP contribution in [0.1, 0.15) is 10.4 Å². The van der Waals surface area contributed by atoms with Crippen LogP contribution in [0.5, 0.6) is 0 Å². The summed E-state index contributed by atoms with van der Waals surface area (Å²) in [6.45, 7) is 0. The van der Waals surface area contributed by atoms with Crippen LogP contribution in [-0.4, -0.2) is 36.9 Å². The Morgan fingerprint density at radius 2 is 1.50 bits per heavy atom. The largest absolute Gasteiger partial charge is 0.468 e. The first-order chi connectivity index (χ1) is 9.42. The molecule has 0 N–H and O–H groups in total. The Balaban J connectivity index is 3.09. The maximum atomic E-state index is 12.1. The van der Waals surface area contributed by atoms with Crippen LogP contribution in [0.4, 0.5) is 5.69 Å². The number of benzene rings is 1. The topological polar surface area (TPSA) is 113 Å². The summed E-state index contributed by atoms with van der Waals surface area (Å²) in [5.74, 6) is -4.70. The molecule has 20 heavy (non-hydrogen) atoms. The van der Waals surface area contributed by atoms with E-state index in [0.717, 1.165) is 38.5 Å². The molecule has 0 spiro atoms. The number of nitro groups is 1. The molecule has 0 amide bonds. The van der Waals surface area contributed by atoms with Gasteiger partial charge in [0.15, 0.2) is 5.78 Å². The molecule has 0 radical (unpaired) electrons. The third kappa shape index (κ3) is 3.16. The number of methoxy groups -OCH3 is 2. The average Bonchev–Trinajstić information content (AvgIpc) is 2.46. The van der Waals surface area contributed by atoms with Crippen LogP contribution < -0.4 is 0 Å². The number of rotatable bonds is 5. The summed E-state index contributed by atoms with van der Waals surface area (Å²) in [7, 11) is 2.06. The predicted octanol–water partition coefficient (Wildman–Crippen LogP) is 0.740. The smallest absolute Gasteiger partial charge is 0.328 e. The van der Waals surface area contributed by atoms with Crippen LogP contribution in [0.3, 0.4) is 0 Å². The molecule has 0 aliphatic carbocycles. The van der Waals surface area contributed by atoms with E-state index < -0.39 is 28.6 Å². The molecule has 0 aliphatic heterocycles. The maximum absolute atomic E-state index is 12.1. The number of esters is 2. The van der Waals surface area contributed by atoms with Crippen LogP contribution in [0.15, 0.2) is 24.3 Å². The van der Waals surface area contributed by atoms with Crippen molar-refractivity contribution in [3.05, 3.63) is 39.9 Å². The molecule has 0 saturated heterocycles. The van der Waals surface area contributed by atoms with Gasteiger partial charge in [0.1, 0.15) is 0 Å². The van der Waals surface area contributed by atoms with Crippen molar-refractivity contribution in [2.75, 3.05) is 14.2 Å². The summed E-state index contributed by atoms with van der Waals surface area (Å²) in [5.41, 5.74) is -0.245. The van der Waals surface area contributed by atoms with Gasteiger partial charge in [-0.1, -0.05) is 0 Å². The van der Waals surface area contributed by atoms with Crippen LogP contribution in [0, 0.1) is 16.0 Å². The highest BCUT2D eigenvalue weighted by Gasteiger charge is 2.36. The zero-order valence-electron chi connectivity index (χ0n) is 10.7. The van der Waals surface area contributed by atoms with Crippen LogP contribution >= 0.6 is 0 Å². The molecule has 106 valence electrons. The molecule has 0 heterocycles. The molecule has 0 saturated carbocycles. The zero-order valence-corrected chi connectivity index (χ0v) is 10.7. The number of carbonyl (C=O) groups excluding carboxylic acids is 3. The molecule has 1 rings (SSSR count). The first-order valence-electron chi connectivity index (χ1n) is 5.36. The quantitative estimate of drug-likeness (QED) is 0.257. The fourth-order valence-corrected chi connectivity index (χ4v) is 1.46. The highest BCUT2D eigenvalue weighted by Crippen LogP contribution is 2.16. The van der Waals surface area contributed by atoms with Gasteiger partial charge in [-0.3, -0.25) is 24.5 Å². The standard InChI is InChI=1S/C12H11NO7/c1-19-11(15)9(12(16)20-2)10(14)7-3-5-8(6-4-7)13(17)18/h3-6,9H,1-2H3. The lowest BCUT2D eigenvalue weighted by Crippen LogP contribution is -2.33. The summed E-state index contributed by atoms with van der Waals surface area (Å²) in [5, 5.41) is 10.5. The van der Waals surface area contributed by atoms with Crippen molar-refractivity contribution < 1.29 is 28.8 Å². The summed E-state index contributed by atoms with van der Waals surface area (Å²) in [6.07, 6.45) is 0. The highest BCUT2D eigenvalue weighted by molar-refractivity contribution is 6.20. The molecule has 0 fully saturated rings. The predicted molar refractivity (Wildman–Crippen MR) is 64.9 cm³/mol. The Bertz CT molecular complexity index is 533. The Hall–Kier alpha value is -2.77. The van der Waals surface area contributed by atoms with Gasteiger partial charge in [-0.15, -0.1) is 0 Å². The number of ether oxygens (including phenoxy) is 2. The molecule has 0 aliphatic rings. The van der Waals surface area contributed by atoms with E-state index in [4.69, 9.17) is 0 Å². The van der Waals surface area contributed by atoms with E-state index in [-0.39, 0.29) is 11.3 Å². The maximum Gasteiger partial charge on any atom is 0.328 e. The van der Waals surface area contributed by atoms with Gasteiger partial charge in [-0.25, -0.2) is 0 Å². The van der Waals surface area contributed by atoms with E-state index in [1.165, 1.54) is 0 Å². The Labute approximate surface area is 113 Å². The number of ketones is 1. The van der Waals surface area contributed by atoms with E-state index in [1.54, 1.807) is 0 Å². The second-order valence-electron chi connectivity index (χ2n) is 3.65. The molecule has 1 aromatic carbocycles. The van der Waals surface area contributed by atoms with Gasteiger partial charge in [0.25, 0.3) is 5.69 Å². The minimum Gasteiger partial charge on any atom is -0.468 e. The van der Waals surface area contributed by atoms with Gasteiger partial charge in [0.2, 0.25) is 5.92 Å². The minimum atomic E-state index is -1.74. The summed E-state index contributed by atoms with van der Waals surface area (Å²) in [4.78, 5) is 44.8. The number of non-ortho nitro benzene ring substituents is 1. The normalized spacial score (nSPS) is 9.95. The molecule has 0 aromatic heterocycles. The Morgan fingerprint density at radius 1 is 1.05 bits per heavy atom. The van der Waals surface area contributed by atoms with E-state index in [0.29, 0.717) is 0 Å². The van der Waals surface area contributed by atoms with E-state index in [2.05, 4.69) is 9.47 Å². The van der Waals surface area contributed by atoms with Crippen molar-refractivity contribution >= 4 is 23.4 Å². The molecular weight excluding hydrogens is 270 g/mol. The first-order valence-corrected chi connectivity index (χ1v) is 5.36. The third-order valence-electron chi connectivity index (χ3n) is 2.50. The van der Waals surface area contributed by atoms with Crippen molar-refractivity contribution in [1.29, 1.82) is 0 Å². The number of nitro benzene ring substituents is 1. The van der Waals surface area contributed by atoms with Gasteiger partial charge >= 0.3 is 11.9 Å². The van der Waals surface area contributed by atoms with Crippen LogP contribution in [0.2, 0.25) is 0 Å². The fraction of sp³-hybridized carbons (Fsp3) is 0.250. The van der Waals surface area contributed by atoms with E-state index >= 15 is 0 Å². The minimum absolute atomic E-state index is 0.0311. The second-order valence-corrected chi connectivity index (χ2v) is 3.65. The first kappa shape index (κ1) is 15.3. The van der Waals surface area contributed by atoms with Crippen molar-refractivity contribution in [3.8, 4) is 0 Å². The van der Waals surface area contributed by atoms with Gasteiger partial charge in [-0.2, -0.15) is 0 Å². The fourth-order valence-electron chi connectivity index (χ4n) is 1.46. The number of nitrogens with zero attached hydrogens (tertiary/aromatic N) is 1. The molecule has 0 unspecified atom stereocenters. The van der Waals surface area contributed by atoms with Gasteiger partial charge in [0, 0.05) is 17.7 Å². The van der Waals surface area contributed by atoms with Crippen molar-refractivity contribution in [3.63, 3.8) is 0 Å². The number of hydrogen-bond acceptors (Lipinski definition) is 7. The lowest BCUT2D eigenvalue weighted by molar-refractivity contribution is -0.384. The van der Waals surface area contributed by atoms with Gasteiger partial charge in [-0.05, 0) is 12.1 Å². The summed E-state index contributed by atoms with van der Waals surface area (Å²) in [6, 6.07) is 4.50. The lowest BCUT2D eigenvalue weighted by Gasteiger charge is -2.11. The summed E-state index contributed by atoms with van der Waals surface area (Å²) >= 11 is 0. The van der Waals surface area contributed by atoms with E-state index in [1.807, 2.05) is 0 Å². The Morgan fingerprint density at radius 3 is 1.85 bits per heavy atom.